The number of benzene rings is 1. The lowest BCUT2D eigenvalue weighted by atomic mass is 9.98. The predicted molar refractivity (Wildman–Crippen MR) is 103 cm³/mol. The highest BCUT2D eigenvalue weighted by atomic mass is 19.1. The molecule has 4 atom stereocenters. The minimum Gasteiger partial charge on any atom is -0.339 e. The number of amides is 1. The van der Waals surface area contributed by atoms with Gasteiger partial charge < -0.3 is 10.6 Å². The Bertz CT molecular complexity index is 947. The molecule has 2 fully saturated rings. The van der Waals surface area contributed by atoms with Crippen LogP contribution in [0.3, 0.4) is 0 Å². The Morgan fingerprint density at radius 2 is 2.32 bits per heavy atom. The quantitative estimate of drug-likeness (QED) is 0.832. The zero-order chi connectivity index (χ0) is 19.8. The molecule has 4 rings (SSSR count). The van der Waals surface area contributed by atoms with E-state index in [-0.39, 0.29) is 24.2 Å². The summed E-state index contributed by atoms with van der Waals surface area (Å²) in [4.78, 5) is 12.5. The first kappa shape index (κ1) is 18.6. The maximum Gasteiger partial charge on any atom is 0.238 e. The maximum atomic E-state index is 14.7. The number of fused-ring (bicyclic) bond motifs is 2. The van der Waals surface area contributed by atoms with Crippen molar-refractivity contribution in [3.63, 3.8) is 0 Å². The molecule has 6 nitrogen and oxygen atoms in total. The number of nitriles is 1. The summed E-state index contributed by atoms with van der Waals surface area (Å²) in [5, 5.41) is 19.9. The molecule has 28 heavy (non-hydrogen) atoms. The summed E-state index contributed by atoms with van der Waals surface area (Å²) >= 11 is 0. The lowest BCUT2D eigenvalue weighted by Crippen LogP contribution is -2.50. The van der Waals surface area contributed by atoms with E-state index in [1.807, 2.05) is 26.2 Å². The average molecular weight is 381 g/mol. The van der Waals surface area contributed by atoms with Gasteiger partial charge in [-0.25, -0.2) is 4.39 Å². The van der Waals surface area contributed by atoms with Crippen molar-refractivity contribution in [1.82, 2.24) is 20.4 Å². The summed E-state index contributed by atoms with van der Waals surface area (Å²) in [6.07, 6.45) is 5.19. The number of carbonyl (C=O) groups is 1. The Kier molecular flexibility index (Phi) is 4.90. The second-order valence-corrected chi connectivity index (χ2v) is 7.92. The molecule has 1 saturated carbocycles. The summed E-state index contributed by atoms with van der Waals surface area (Å²) in [6, 6.07) is 6.51. The normalized spacial score (nSPS) is 24.1. The van der Waals surface area contributed by atoms with Crippen molar-refractivity contribution < 1.29 is 9.18 Å². The molecule has 146 valence electrons. The number of aryl methyl sites for hydroxylation is 2. The summed E-state index contributed by atoms with van der Waals surface area (Å²) < 4.78 is 16.4. The van der Waals surface area contributed by atoms with Gasteiger partial charge in [-0.15, -0.1) is 0 Å². The zero-order valence-corrected chi connectivity index (χ0v) is 16.1. The van der Waals surface area contributed by atoms with Gasteiger partial charge in [0.1, 0.15) is 11.9 Å². The number of rotatable bonds is 5. The Labute approximate surface area is 163 Å². The monoisotopic (exact) mass is 381 g/mol. The van der Waals surface area contributed by atoms with Crippen LogP contribution in [0.2, 0.25) is 0 Å². The first-order valence-electron chi connectivity index (χ1n) is 9.69. The molecule has 1 saturated heterocycles. The molecular formula is C21H24FN5O. The molecule has 2 bridgehead atoms. The number of aromatic nitrogens is 2. The van der Waals surface area contributed by atoms with Gasteiger partial charge in [-0.3, -0.25) is 9.48 Å². The van der Waals surface area contributed by atoms with Gasteiger partial charge in [-0.2, -0.15) is 10.4 Å². The molecule has 2 aliphatic rings. The predicted octanol–water partition coefficient (Wildman–Crippen LogP) is 2.23. The van der Waals surface area contributed by atoms with Gasteiger partial charge in [0.25, 0.3) is 0 Å². The molecule has 0 radical (unpaired) electrons. The number of nitrogens with zero attached hydrogens (tertiary/aromatic N) is 3. The van der Waals surface area contributed by atoms with E-state index in [1.54, 1.807) is 10.7 Å². The highest BCUT2D eigenvalue weighted by Gasteiger charge is 2.43. The van der Waals surface area contributed by atoms with Gasteiger partial charge in [-0.05, 0) is 49.3 Å². The van der Waals surface area contributed by atoms with Crippen molar-refractivity contribution in [2.75, 3.05) is 0 Å². The number of piperidine rings is 1. The number of nitrogens with one attached hydrogen (secondary N) is 2. The largest absolute Gasteiger partial charge is 0.339 e. The van der Waals surface area contributed by atoms with E-state index in [0.717, 1.165) is 36.1 Å². The zero-order valence-electron chi connectivity index (χ0n) is 16.1. The first-order chi connectivity index (χ1) is 13.4. The molecule has 7 heteroatoms. The van der Waals surface area contributed by atoms with Gasteiger partial charge in [0.15, 0.2) is 0 Å². The second-order valence-electron chi connectivity index (χ2n) is 7.92. The van der Waals surface area contributed by atoms with Gasteiger partial charge in [0.2, 0.25) is 5.91 Å². The van der Waals surface area contributed by atoms with Crippen LogP contribution in [0.25, 0.3) is 11.1 Å². The van der Waals surface area contributed by atoms with Gasteiger partial charge in [0, 0.05) is 31.3 Å². The summed E-state index contributed by atoms with van der Waals surface area (Å²) in [5.41, 5.74) is 2.87. The van der Waals surface area contributed by atoms with Crippen molar-refractivity contribution in [2.24, 2.45) is 13.0 Å². The Morgan fingerprint density at radius 1 is 1.50 bits per heavy atom. The Balaban J connectivity index is 1.44. The maximum absolute atomic E-state index is 14.7. The van der Waals surface area contributed by atoms with Crippen LogP contribution in [0.4, 0.5) is 4.39 Å². The molecule has 1 amide bonds. The van der Waals surface area contributed by atoms with Crippen LogP contribution in [0, 0.1) is 30.0 Å². The Hall–Kier alpha value is -2.72. The SMILES string of the molecule is Cc1nn(C)cc1-c1ccc(C[C@@H](C#N)NC(=O)[C@H]2N[C@@H]3CC[C@H]2C3)c(F)c1. The molecule has 2 N–H and O–H groups in total. The van der Waals surface area contributed by atoms with E-state index in [2.05, 4.69) is 21.8 Å². The topological polar surface area (TPSA) is 82.7 Å². The van der Waals surface area contributed by atoms with Crippen LogP contribution in [0.15, 0.2) is 24.4 Å². The highest BCUT2D eigenvalue weighted by molar-refractivity contribution is 5.83. The van der Waals surface area contributed by atoms with E-state index < -0.39 is 6.04 Å². The third kappa shape index (κ3) is 3.52. The lowest BCUT2D eigenvalue weighted by molar-refractivity contribution is -0.124. The smallest absolute Gasteiger partial charge is 0.238 e. The van der Waals surface area contributed by atoms with E-state index >= 15 is 0 Å². The molecule has 2 heterocycles. The standard InChI is InChI=1S/C21H24FN5O/c1-12-18(11-27(2)26-12)13-3-4-14(19(22)9-13)7-17(10-23)25-21(28)20-15-5-6-16(8-15)24-20/h3-4,9,11,15-17,20,24H,5-8H2,1-2H3,(H,25,28)/t15-,16+,17-,20-/m0/s1. The third-order valence-electron chi connectivity index (χ3n) is 5.92. The van der Waals surface area contributed by atoms with Gasteiger partial charge in [-0.1, -0.05) is 12.1 Å². The summed E-state index contributed by atoms with van der Waals surface area (Å²) in [7, 11) is 1.83. The highest BCUT2D eigenvalue weighted by Crippen LogP contribution is 2.35. The van der Waals surface area contributed by atoms with E-state index in [0.29, 0.717) is 17.5 Å². The fourth-order valence-electron chi connectivity index (χ4n) is 4.52. The van der Waals surface area contributed by atoms with Crippen LogP contribution < -0.4 is 10.6 Å². The summed E-state index contributed by atoms with van der Waals surface area (Å²) in [5.74, 6) is -0.182. The van der Waals surface area contributed by atoms with Crippen molar-refractivity contribution in [3.05, 3.63) is 41.5 Å². The van der Waals surface area contributed by atoms with Crippen LogP contribution in [-0.2, 0) is 18.3 Å². The molecule has 1 aliphatic carbocycles. The Morgan fingerprint density at radius 3 is 2.89 bits per heavy atom. The van der Waals surface area contributed by atoms with Crippen molar-refractivity contribution in [3.8, 4) is 17.2 Å². The molecule has 1 aromatic heterocycles. The van der Waals surface area contributed by atoms with Crippen LogP contribution >= 0.6 is 0 Å². The van der Waals surface area contributed by atoms with Crippen molar-refractivity contribution >= 4 is 5.91 Å². The third-order valence-corrected chi connectivity index (χ3v) is 5.92. The molecule has 1 aliphatic heterocycles. The average Bonchev–Trinajstić information content (AvgIpc) is 3.38. The fourth-order valence-corrected chi connectivity index (χ4v) is 4.52. The van der Waals surface area contributed by atoms with E-state index in [4.69, 9.17) is 0 Å². The molecule has 1 aromatic carbocycles. The van der Waals surface area contributed by atoms with Crippen LogP contribution in [0.5, 0.6) is 0 Å². The minimum atomic E-state index is -0.756. The fraction of sp³-hybridized carbons (Fsp3) is 0.476. The molecular weight excluding hydrogens is 357 g/mol. The van der Waals surface area contributed by atoms with Gasteiger partial charge in [0.05, 0.1) is 17.8 Å². The molecule has 0 spiro atoms. The van der Waals surface area contributed by atoms with Crippen LogP contribution in [0.1, 0.15) is 30.5 Å². The van der Waals surface area contributed by atoms with E-state index in [9.17, 15) is 14.4 Å². The number of hydrogen-bond donors (Lipinski definition) is 2. The number of halogens is 1. The summed E-state index contributed by atoms with van der Waals surface area (Å²) in [6.45, 7) is 1.88. The van der Waals surface area contributed by atoms with Crippen molar-refractivity contribution in [1.29, 1.82) is 5.26 Å². The van der Waals surface area contributed by atoms with Crippen molar-refractivity contribution in [2.45, 2.75) is 50.7 Å². The molecule has 0 unspecified atom stereocenters. The number of carbonyl (C=O) groups excluding carboxylic acids is 1. The first-order valence-corrected chi connectivity index (χ1v) is 9.69. The number of hydrogen-bond acceptors (Lipinski definition) is 4. The van der Waals surface area contributed by atoms with Gasteiger partial charge >= 0.3 is 0 Å². The van der Waals surface area contributed by atoms with E-state index in [1.165, 1.54) is 6.07 Å². The van der Waals surface area contributed by atoms with Crippen LogP contribution in [-0.4, -0.2) is 33.8 Å². The second kappa shape index (κ2) is 7.36. The lowest BCUT2D eigenvalue weighted by Gasteiger charge is -2.23. The molecule has 2 aromatic rings. The minimum absolute atomic E-state index is 0.140.